The van der Waals surface area contributed by atoms with Crippen molar-refractivity contribution in [3.05, 3.63) is 86.9 Å². The summed E-state index contributed by atoms with van der Waals surface area (Å²) in [6.07, 6.45) is 3.16. The molecule has 0 bridgehead atoms. The maximum atomic E-state index is 12.8. The third kappa shape index (κ3) is 4.31. The lowest BCUT2D eigenvalue weighted by atomic mass is 10.0. The summed E-state index contributed by atoms with van der Waals surface area (Å²) in [4.78, 5) is 29.7. The van der Waals surface area contributed by atoms with Crippen LogP contribution >= 0.6 is 23.4 Å². The maximum Gasteiger partial charge on any atom is 0.287 e. The Morgan fingerprint density at radius 1 is 1.11 bits per heavy atom. The summed E-state index contributed by atoms with van der Waals surface area (Å²) in [5.41, 5.74) is 3.29. The molecular weight excluding hydrogens is 380 g/mol. The standard InChI is InChI=1S/C21H19ClN2O2S/c1-13-4-5-16(12-14(13)2)19(25)15(3)27-20-21(26)24(11-10-23-20)18-8-6-17(22)7-9-18/h4-12,15H,1-3H3. The van der Waals surface area contributed by atoms with Crippen molar-refractivity contribution in [2.24, 2.45) is 0 Å². The second kappa shape index (κ2) is 8.11. The maximum absolute atomic E-state index is 12.8. The number of benzene rings is 2. The number of aromatic nitrogens is 2. The number of rotatable bonds is 5. The van der Waals surface area contributed by atoms with Crippen molar-refractivity contribution >= 4 is 29.1 Å². The van der Waals surface area contributed by atoms with Crippen molar-refractivity contribution < 1.29 is 4.79 Å². The number of carbonyl (C=O) groups excluding carboxylic acids is 1. The molecule has 1 unspecified atom stereocenters. The van der Waals surface area contributed by atoms with Crippen LogP contribution in [0, 0.1) is 13.8 Å². The van der Waals surface area contributed by atoms with Gasteiger partial charge in [-0.15, -0.1) is 0 Å². The van der Waals surface area contributed by atoms with Gasteiger partial charge in [0.25, 0.3) is 5.56 Å². The summed E-state index contributed by atoms with van der Waals surface area (Å²) in [5.74, 6) is -0.0220. The van der Waals surface area contributed by atoms with Crippen molar-refractivity contribution in [1.29, 1.82) is 0 Å². The topological polar surface area (TPSA) is 52.0 Å². The van der Waals surface area contributed by atoms with Crippen LogP contribution in [-0.4, -0.2) is 20.6 Å². The Hall–Kier alpha value is -2.37. The van der Waals surface area contributed by atoms with E-state index in [-0.39, 0.29) is 16.4 Å². The predicted molar refractivity (Wildman–Crippen MR) is 110 cm³/mol. The van der Waals surface area contributed by atoms with E-state index in [0.29, 0.717) is 16.3 Å². The zero-order valence-electron chi connectivity index (χ0n) is 15.3. The average molecular weight is 399 g/mol. The van der Waals surface area contributed by atoms with E-state index in [1.807, 2.05) is 32.0 Å². The van der Waals surface area contributed by atoms with E-state index < -0.39 is 5.25 Å². The monoisotopic (exact) mass is 398 g/mol. The van der Waals surface area contributed by atoms with E-state index in [1.165, 1.54) is 16.3 Å². The van der Waals surface area contributed by atoms with Gasteiger partial charge in [-0.05, 0) is 62.2 Å². The third-order valence-electron chi connectivity index (χ3n) is 4.36. The van der Waals surface area contributed by atoms with Crippen LogP contribution in [0.15, 0.2) is 64.7 Å². The summed E-state index contributed by atoms with van der Waals surface area (Å²) in [6, 6.07) is 12.6. The number of ketones is 1. The number of aryl methyl sites for hydroxylation is 2. The van der Waals surface area contributed by atoms with Crippen LogP contribution in [0.25, 0.3) is 5.69 Å². The van der Waals surface area contributed by atoms with Crippen molar-refractivity contribution in [3.63, 3.8) is 0 Å². The normalized spacial score (nSPS) is 12.0. The number of Topliss-reactive ketones (excluding diaryl/α,β-unsaturated/α-hetero) is 1. The van der Waals surface area contributed by atoms with Crippen LogP contribution in [0.3, 0.4) is 0 Å². The van der Waals surface area contributed by atoms with Crippen LogP contribution in [0.2, 0.25) is 5.02 Å². The molecule has 4 nitrogen and oxygen atoms in total. The molecule has 3 aromatic rings. The molecule has 6 heteroatoms. The zero-order chi connectivity index (χ0) is 19.6. The second-order valence-electron chi connectivity index (χ2n) is 6.31. The lowest BCUT2D eigenvalue weighted by molar-refractivity contribution is 0.0994. The molecule has 0 amide bonds. The fourth-order valence-corrected chi connectivity index (χ4v) is 3.65. The number of nitrogens with zero attached hydrogens (tertiary/aromatic N) is 2. The first-order valence-corrected chi connectivity index (χ1v) is 9.74. The molecule has 0 spiro atoms. The molecular formula is C21H19ClN2O2S. The lowest BCUT2D eigenvalue weighted by Crippen LogP contribution is -2.23. The Kier molecular flexibility index (Phi) is 5.82. The minimum atomic E-state index is -0.423. The molecule has 0 aliphatic rings. The molecule has 2 aromatic carbocycles. The average Bonchev–Trinajstić information content (AvgIpc) is 2.66. The Labute approximate surface area is 167 Å². The number of carbonyl (C=O) groups is 1. The molecule has 1 heterocycles. The van der Waals surface area contributed by atoms with Gasteiger partial charge in [0.05, 0.1) is 5.25 Å². The van der Waals surface area contributed by atoms with Crippen molar-refractivity contribution in [3.8, 4) is 5.69 Å². The van der Waals surface area contributed by atoms with Crippen LogP contribution in [0.5, 0.6) is 0 Å². The van der Waals surface area contributed by atoms with Crippen molar-refractivity contribution in [2.75, 3.05) is 0 Å². The Balaban J connectivity index is 1.86. The van der Waals surface area contributed by atoms with E-state index in [0.717, 1.165) is 11.1 Å². The SMILES string of the molecule is Cc1ccc(C(=O)C(C)Sc2nccn(-c3ccc(Cl)cc3)c2=O)cc1C. The van der Waals surface area contributed by atoms with E-state index in [9.17, 15) is 9.59 Å². The molecule has 27 heavy (non-hydrogen) atoms. The summed E-state index contributed by atoms with van der Waals surface area (Å²) >= 11 is 7.09. The van der Waals surface area contributed by atoms with Gasteiger partial charge in [0.1, 0.15) is 0 Å². The summed E-state index contributed by atoms with van der Waals surface area (Å²) in [7, 11) is 0. The molecule has 1 atom stereocenters. The smallest absolute Gasteiger partial charge is 0.287 e. The lowest BCUT2D eigenvalue weighted by Gasteiger charge is -2.12. The number of hydrogen-bond donors (Lipinski definition) is 0. The molecule has 0 aliphatic carbocycles. The minimum absolute atomic E-state index is 0.0220. The van der Waals surface area contributed by atoms with Crippen LogP contribution in [-0.2, 0) is 0 Å². The zero-order valence-corrected chi connectivity index (χ0v) is 16.8. The number of thioether (sulfide) groups is 1. The molecule has 0 saturated heterocycles. The van der Waals surface area contributed by atoms with Gasteiger partial charge in [-0.1, -0.05) is 35.5 Å². The first-order chi connectivity index (χ1) is 12.9. The Morgan fingerprint density at radius 2 is 1.81 bits per heavy atom. The molecule has 3 rings (SSSR count). The molecule has 0 saturated carbocycles. The molecule has 0 fully saturated rings. The highest BCUT2D eigenvalue weighted by Gasteiger charge is 2.20. The molecule has 0 N–H and O–H groups in total. The first-order valence-electron chi connectivity index (χ1n) is 8.48. The van der Waals surface area contributed by atoms with Gasteiger partial charge in [0, 0.05) is 28.7 Å². The highest BCUT2D eigenvalue weighted by atomic mass is 35.5. The fourth-order valence-electron chi connectivity index (χ4n) is 2.63. The van der Waals surface area contributed by atoms with E-state index >= 15 is 0 Å². The van der Waals surface area contributed by atoms with Gasteiger partial charge in [0.2, 0.25) is 0 Å². The van der Waals surface area contributed by atoms with Gasteiger partial charge in [-0.3, -0.25) is 14.2 Å². The highest BCUT2D eigenvalue weighted by molar-refractivity contribution is 8.00. The first kappa shape index (κ1) is 19.4. The van der Waals surface area contributed by atoms with Gasteiger partial charge in [-0.25, -0.2) is 4.98 Å². The van der Waals surface area contributed by atoms with Gasteiger partial charge < -0.3 is 0 Å². The fraction of sp³-hybridized carbons (Fsp3) is 0.190. The Bertz CT molecular complexity index is 1040. The molecule has 0 aliphatic heterocycles. The largest absolute Gasteiger partial charge is 0.293 e. The van der Waals surface area contributed by atoms with Gasteiger partial charge in [0.15, 0.2) is 10.8 Å². The Morgan fingerprint density at radius 3 is 2.48 bits per heavy atom. The van der Waals surface area contributed by atoms with E-state index in [2.05, 4.69) is 4.98 Å². The molecule has 0 radical (unpaired) electrons. The van der Waals surface area contributed by atoms with Crippen LogP contribution in [0.1, 0.15) is 28.4 Å². The van der Waals surface area contributed by atoms with Crippen LogP contribution in [0.4, 0.5) is 0 Å². The third-order valence-corrected chi connectivity index (χ3v) is 5.69. The summed E-state index contributed by atoms with van der Waals surface area (Å²) in [6.45, 7) is 5.78. The predicted octanol–water partition coefficient (Wildman–Crippen LogP) is 4.87. The van der Waals surface area contributed by atoms with E-state index in [1.54, 1.807) is 43.6 Å². The minimum Gasteiger partial charge on any atom is -0.293 e. The van der Waals surface area contributed by atoms with Gasteiger partial charge >= 0.3 is 0 Å². The highest BCUT2D eigenvalue weighted by Crippen LogP contribution is 2.23. The molecule has 1 aromatic heterocycles. The van der Waals surface area contributed by atoms with Crippen molar-refractivity contribution in [1.82, 2.24) is 9.55 Å². The number of hydrogen-bond acceptors (Lipinski definition) is 4. The van der Waals surface area contributed by atoms with Crippen molar-refractivity contribution in [2.45, 2.75) is 31.0 Å². The van der Waals surface area contributed by atoms with Crippen LogP contribution < -0.4 is 5.56 Å². The summed E-state index contributed by atoms with van der Waals surface area (Å²) < 4.78 is 1.50. The molecule has 138 valence electrons. The van der Waals surface area contributed by atoms with Gasteiger partial charge in [-0.2, -0.15) is 0 Å². The quantitative estimate of drug-likeness (QED) is 0.454. The number of halogens is 1. The summed E-state index contributed by atoms with van der Waals surface area (Å²) in [5, 5.41) is 0.466. The van der Waals surface area contributed by atoms with E-state index in [4.69, 9.17) is 11.6 Å². The second-order valence-corrected chi connectivity index (χ2v) is 8.07.